The van der Waals surface area contributed by atoms with Gasteiger partial charge in [0.2, 0.25) is 5.91 Å². The van der Waals surface area contributed by atoms with Crippen molar-refractivity contribution in [3.05, 3.63) is 49.8 Å². The van der Waals surface area contributed by atoms with Crippen molar-refractivity contribution in [2.45, 2.75) is 38.6 Å². The van der Waals surface area contributed by atoms with Gasteiger partial charge in [-0.25, -0.2) is 0 Å². The first-order chi connectivity index (χ1) is 15.2. The van der Waals surface area contributed by atoms with Crippen LogP contribution in [0.15, 0.2) is 18.2 Å². The molecule has 2 aromatic rings. The predicted molar refractivity (Wildman–Crippen MR) is 133 cm³/mol. The number of nitrogens with one attached hydrogen (secondary N) is 2. The largest absolute Gasteiger partial charge is 0.365 e. The van der Waals surface area contributed by atoms with E-state index in [0.717, 1.165) is 29.7 Å². The maximum atomic E-state index is 13.1. The second-order valence-corrected chi connectivity index (χ2v) is 10.8. The molecule has 1 heterocycles. The van der Waals surface area contributed by atoms with Gasteiger partial charge in [-0.2, -0.15) is 11.8 Å². The zero-order chi connectivity index (χ0) is 23.4. The Bertz CT molecular complexity index is 1040. The molecule has 0 saturated carbocycles. The highest BCUT2D eigenvalue weighted by Crippen LogP contribution is 2.39. The van der Waals surface area contributed by atoms with E-state index in [1.54, 1.807) is 17.8 Å². The van der Waals surface area contributed by atoms with Crippen molar-refractivity contribution in [3.63, 3.8) is 0 Å². The normalized spacial score (nSPS) is 16.2. The molecule has 3 rings (SSSR count). The SMILES string of the molecule is CSCCC(NC(=O)c1ccc(Cl)cc1Cl)C(=O)Nc1sc2c(c1C(N)=O)CCC(C)C2. The van der Waals surface area contributed by atoms with Gasteiger partial charge < -0.3 is 16.4 Å². The Balaban J connectivity index is 1.82. The summed E-state index contributed by atoms with van der Waals surface area (Å²) >= 11 is 15.0. The average molecular weight is 515 g/mol. The van der Waals surface area contributed by atoms with Crippen molar-refractivity contribution in [2.75, 3.05) is 17.3 Å². The number of nitrogens with two attached hydrogens (primary N) is 1. The third kappa shape index (κ3) is 5.78. The third-order valence-corrected chi connectivity index (χ3v) is 7.76. The summed E-state index contributed by atoms with van der Waals surface area (Å²) in [6.45, 7) is 2.17. The molecule has 2 atom stereocenters. The first-order valence-electron chi connectivity index (χ1n) is 10.2. The van der Waals surface area contributed by atoms with E-state index in [0.29, 0.717) is 33.7 Å². The summed E-state index contributed by atoms with van der Waals surface area (Å²) in [5.41, 5.74) is 7.21. The molecule has 0 fully saturated rings. The second kappa shape index (κ2) is 10.9. The molecular weight excluding hydrogens is 489 g/mol. The Labute approximate surface area is 205 Å². The lowest BCUT2D eigenvalue weighted by molar-refractivity contribution is -0.118. The minimum Gasteiger partial charge on any atom is -0.365 e. The predicted octanol–water partition coefficient (Wildman–Crippen LogP) is 4.77. The van der Waals surface area contributed by atoms with Crippen LogP contribution >= 0.6 is 46.3 Å². The first-order valence-corrected chi connectivity index (χ1v) is 13.2. The molecule has 2 unspecified atom stereocenters. The molecule has 1 aliphatic rings. The number of carbonyl (C=O) groups excluding carboxylic acids is 3. The highest BCUT2D eigenvalue weighted by Gasteiger charge is 2.29. The molecule has 32 heavy (non-hydrogen) atoms. The van der Waals surface area contributed by atoms with E-state index in [-0.39, 0.29) is 10.6 Å². The Morgan fingerprint density at radius 1 is 1.31 bits per heavy atom. The van der Waals surface area contributed by atoms with Gasteiger partial charge in [-0.1, -0.05) is 30.1 Å². The lowest BCUT2D eigenvalue weighted by Crippen LogP contribution is -2.44. The molecule has 0 spiro atoms. The topological polar surface area (TPSA) is 101 Å². The van der Waals surface area contributed by atoms with E-state index in [1.165, 1.54) is 23.5 Å². The van der Waals surface area contributed by atoms with Gasteiger partial charge in [-0.05, 0) is 67.4 Å². The van der Waals surface area contributed by atoms with Crippen molar-refractivity contribution in [2.24, 2.45) is 11.7 Å². The Morgan fingerprint density at radius 2 is 2.06 bits per heavy atom. The fraction of sp³-hybridized carbons (Fsp3) is 0.409. The van der Waals surface area contributed by atoms with Crippen LogP contribution in [0, 0.1) is 5.92 Å². The van der Waals surface area contributed by atoms with Gasteiger partial charge >= 0.3 is 0 Å². The minimum absolute atomic E-state index is 0.204. The number of anilines is 1. The average Bonchev–Trinajstić information content (AvgIpc) is 3.07. The number of thioether (sulfide) groups is 1. The smallest absolute Gasteiger partial charge is 0.253 e. The highest BCUT2D eigenvalue weighted by atomic mass is 35.5. The molecule has 1 aromatic carbocycles. The van der Waals surface area contributed by atoms with Crippen molar-refractivity contribution in [1.82, 2.24) is 5.32 Å². The van der Waals surface area contributed by atoms with Crippen LogP contribution in [0.4, 0.5) is 5.00 Å². The van der Waals surface area contributed by atoms with E-state index in [2.05, 4.69) is 17.6 Å². The maximum Gasteiger partial charge on any atom is 0.253 e. The molecule has 10 heteroatoms. The summed E-state index contributed by atoms with van der Waals surface area (Å²) in [4.78, 5) is 39.2. The van der Waals surface area contributed by atoms with Crippen molar-refractivity contribution in [3.8, 4) is 0 Å². The molecule has 0 radical (unpaired) electrons. The Kier molecular flexibility index (Phi) is 8.49. The number of rotatable bonds is 8. The molecule has 1 aromatic heterocycles. The number of halogens is 2. The summed E-state index contributed by atoms with van der Waals surface area (Å²) in [5.74, 6) is -0.240. The van der Waals surface area contributed by atoms with E-state index >= 15 is 0 Å². The van der Waals surface area contributed by atoms with E-state index in [4.69, 9.17) is 28.9 Å². The van der Waals surface area contributed by atoms with Gasteiger partial charge in [0, 0.05) is 9.90 Å². The standard InChI is InChI=1S/C22H25Cl2N3O3S2/c1-11-3-5-14-17(9-11)32-22(18(14)19(25)28)27-21(30)16(7-8-31-2)26-20(29)13-6-4-12(23)10-15(13)24/h4,6,10-11,16H,3,5,7-9H2,1-2H3,(H2,25,28)(H,26,29)(H,27,30). The summed E-state index contributed by atoms with van der Waals surface area (Å²) in [5, 5.41) is 6.69. The summed E-state index contributed by atoms with van der Waals surface area (Å²) in [7, 11) is 0. The summed E-state index contributed by atoms with van der Waals surface area (Å²) in [6.07, 6.45) is 4.94. The Hall–Kier alpha value is -1.74. The zero-order valence-corrected chi connectivity index (χ0v) is 20.9. The number of thiophene rings is 1. The van der Waals surface area contributed by atoms with Crippen LogP contribution in [-0.2, 0) is 17.6 Å². The molecule has 0 bridgehead atoms. The zero-order valence-electron chi connectivity index (χ0n) is 17.8. The number of fused-ring (bicyclic) bond motifs is 1. The molecule has 6 nitrogen and oxygen atoms in total. The van der Waals surface area contributed by atoms with Crippen molar-refractivity contribution < 1.29 is 14.4 Å². The number of amides is 3. The number of benzene rings is 1. The minimum atomic E-state index is -0.805. The first kappa shape index (κ1) is 24.9. The van der Waals surface area contributed by atoms with E-state index in [9.17, 15) is 14.4 Å². The molecule has 3 amide bonds. The van der Waals surface area contributed by atoms with Gasteiger partial charge in [0.15, 0.2) is 0 Å². The van der Waals surface area contributed by atoms with Gasteiger partial charge in [0.05, 0.1) is 16.1 Å². The van der Waals surface area contributed by atoms with Crippen LogP contribution < -0.4 is 16.4 Å². The lowest BCUT2D eigenvalue weighted by Gasteiger charge is -2.19. The van der Waals surface area contributed by atoms with Crippen molar-refractivity contribution in [1.29, 1.82) is 0 Å². The van der Waals surface area contributed by atoms with E-state index in [1.807, 2.05) is 6.26 Å². The molecule has 1 aliphatic carbocycles. The van der Waals surface area contributed by atoms with Gasteiger partial charge in [-0.3, -0.25) is 14.4 Å². The summed E-state index contributed by atoms with van der Waals surface area (Å²) < 4.78 is 0. The molecule has 0 aliphatic heterocycles. The number of primary amides is 1. The van der Waals surface area contributed by atoms with Crippen LogP contribution in [0.3, 0.4) is 0 Å². The number of carbonyl (C=O) groups is 3. The Morgan fingerprint density at radius 3 is 2.72 bits per heavy atom. The van der Waals surface area contributed by atoms with Crippen LogP contribution in [0.1, 0.15) is 50.9 Å². The fourth-order valence-corrected chi connectivity index (χ4v) is 6.10. The van der Waals surface area contributed by atoms with Gasteiger partial charge in [0.25, 0.3) is 11.8 Å². The number of hydrogen-bond donors (Lipinski definition) is 3. The second-order valence-electron chi connectivity index (χ2n) is 7.84. The fourth-order valence-electron chi connectivity index (χ4n) is 3.71. The van der Waals surface area contributed by atoms with Crippen LogP contribution in [0.25, 0.3) is 0 Å². The number of hydrogen-bond acceptors (Lipinski definition) is 5. The lowest BCUT2D eigenvalue weighted by atomic mass is 9.88. The molecular formula is C22H25Cl2N3O3S2. The van der Waals surface area contributed by atoms with Crippen molar-refractivity contribution >= 4 is 69.0 Å². The summed E-state index contributed by atoms with van der Waals surface area (Å²) in [6, 6.07) is 3.75. The van der Waals surface area contributed by atoms with Crippen LogP contribution in [0.5, 0.6) is 0 Å². The van der Waals surface area contributed by atoms with Crippen LogP contribution in [0.2, 0.25) is 10.0 Å². The molecule has 0 saturated heterocycles. The van der Waals surface area contributed by atoms with Gasteiger partial charge in [-0.15, -0.1) is 11.3 Å². The van der Waals surface area contributed by atoms with Gasteiger partial charge in [0.1, 0.15) is 11.0 Å². The highest BCUT2D eigenvalue weighted by molar-refractivity contribution is 7.98. The monoisotopic (exact) mass is 513 g/mol. The molecule has 172 valence electrons. The molecule has 4 N–H and O–H groups in total. The van der Waals surface area contributed by atoms with E-state index < -0.39 is 23.8 Å². The quantitative estimate of drug-likeness (QED) is 0.473. The van der Waals surface area contributed by atoms with Crippen LogP contribution in [-0.4, -0.2) is 35.8 Å². The maximum absolute atomic E-state index is 13.1. The third-order valence-electron chi connectivity index (χ3n) is 5.40.